The lowest BCUT2D eigenvalue weighted by molar-refractivity contribution is 0.607. The minimum absolute atomic E-state index is 0.863. The second-order valence-corrected chi connectivity index (χ2v) is 4.26. The summed E-state index contributed by atoms with van der Waals surface area (Å²) in [6, 6.07) is 8.27. The van der Waals surface area contributed by atoms with E-state index in [1.165, 1.54) is 50.5 Å². The van der Waals surface area contributed by atoms with Gasteiger partial charge >= 0.3 is 0 Å². The lowest BCUT2D eigenvalue weighted by Gasteiger charge is -2.02. The van der Waals surface area contributed by atoms with Gasteiger partial charge in [-0.2, -0.15) is 0 Å². The van der Waals surface area contributed by atoms with Crippen molar-refractivity contribution in [2.24, 2.45) is 0 Å². The fourth-order valence-corrected chi connectivity index (χ4v) is 1.79. The van der Waals surface area contributed by atoms with Crippen LogP contribution in [0.2, 0.25) is 0 Å². The zero-order valence-electron chi connectivity index (χ0n) is 9.84. The van der Waals surface area contributed by atoms with Crippen LogP contribution in [0.1, 0.15) is 56.6 Å². The highest BCUT2D eigenvalue weighted by molar-refractivity contribution is 5.24. The summed E-state index contributed by atoms with van der Waals surface area (Å²) in [5, 5.41) is 0. The van der Waals surface area contributed by atoms with Gasteiger partial charge in [-0.1, -0.05) is 63.3 Å². The molecule has 1 aromatic rings. The summed E-state index contributed by atoms with van der Waals surface area (Å²) in [5.74, 6) is 0. The third-order valence-electron chi connectivity index (χ3n) is 2.80. The normalized spacial score (nSPS) is 10.5. The van der Waals surface area contributed by atoms with E-state index in [0.29, 0.717) is 0 Å². The molecule has 0 saturated carbocycles. The van der Waals surface area contributed by atoms with E-state index in [4.69, 9.17) is 6.92 Å². The molecule has 0 aliphatic heterocycles. The second kappa shape index (κ2) is 7.50. The number of rotatable bonds is 7. The predicted octanol–water partition coefficient (Wildman–Crippen LogP) is 4.65. The molecule has 0 bridgehead atoms. The van der Waals surface area contributed by atoms with E-state index < -0.39 is 0 Å². The van der Waals surface area contributed by atoms with Crippen LogP contribution in [0.3, 0.4) is 0 Å². The Kier molecular flexibility index (Phi) is 6.15. The van der Waals surface area contributed by atoms with E-state index in [1.54, 1.807) is 0 Å². The van der Waals surface area contributed by atoms with Crippen molar-refractivity contribution < 1.29 is 0 Å². The molecular weight excluding hydrogens is 180 g/mol. The molecule has 1 rings (SSSR count). The summed E-state index contributed by atoms with van der Waals surface area (Å²) >= 11 is 0. The number of hydrogen-bond donors (Lipinski definition) is 0. The first-order valence-electron chi connectivity index (χ1n) is 6.17. The molecule has 0 nitrogen and oxygen atoms in total. The number of hydrogen-bond acceptors (Lipinski definition) is 0. The van der Waals surface area contributed by atoms with Crippen molar-refractivity contribution in [3.8, 4) is 0 Å². The van der Waals surface area contributed by atoms with Crippen LogP contribution >= 0.6 is 0 Å². The monoisotopic (exact) mass is 202 g/mol. The van der Waals surface area contributed by atoms with E-state index >= 15 is 0 Å². The SMILES string of the molecule is [CH]c1ccc(CCCCCCCC)cc1. The molecule has 1 aromatic carbocycles. The Morgan fingerprint density at radius 1 is 0.867 bits per heavy atom. The summed E-state index contributed by atoms with van der Waals surface area (Å²) in [5.41, 5.74) is 2.28. The van der Waals surface area contributed by atoms with Crippen molar-refractivity contribution in [3.05, 3.63) is 42.3 Å². The van der Waals surface area contributed by atoms with Gasteiger partial charge in [0.1, 0.15) is 0 Å². The van der Waals surface area contributed by atoms with Crippen LogP contribution in [0, 0.1) is 6.92 Å². The van der Waals surface area contributed by atoms with Crippen molar-refractivity contribution in [1.29, 1.82) is 0 Å². The van der Waals surface area contributed by atoms with Gasteiger partial charge in [-0.25, -0.2) is 0 Å². The Balaban J connectivity index is 2.07. The lowest BCUT2D eigenvalue weighted by Crippen LogP contribution is -1.86. The fraction of sp³-hybridized carbons (Fsp3) is 0.533. The summed E-state index contributed by atoms with van der Waals surface area (Å²) in [4.78, 5) is 0. The van der Waals surface area contributed by atoms with Crippen LogP contribution in [0.25, 0.3) is 0 Å². The van der Waals surface area contributed by atoms with E-state index in [2.05, 4.69) is 19.1 Å². The van der Waals surface area contributed by atoms with Crippen LogP contribution in [0.15, 0.2) is 24.3 Å². The van der Waals surface area contributed by atoms with Gasteiger partial charge in [0.15, 0.2) is 0 Å². The highest BCUT2D eigenvalue weighted by atomic mass is 14.0. The molecule has 82 valence electrons. The van der Waals surface area contributed by atoms with Gasteiger partial charge < -0.3 is 0 Å². The van der Waals surface area contributed by atoms with Crippen molar-refractivity contribution in [2.45, 2.75) is 51.9 Å². The third kappa shape index (κ3) is 5.61. The molecule has 15 heavy (non-hydrogen) atoms. The fourth-order valence-electron chi connectivity index (χ4n) is 1.79. The van der Waals surface area contributed by atoms with E-state index in [-0.39, 0.29) is 0 Å². The van der Waals surface area contributed by atoms with Crippen molar-refractivity contribution >= 4 is 0 Å². The summed E-state index contributed by atoms with van der Waals surface area (Å²) in [6.45, 7) is 7.89. The topological polar surface area (TPSA) is 0 Å². The maximum Gasteiger partial charge on any atom is -0.00120 e. The van der Waals surface area contributed by atoms with Crippen LogP contribution in [-0.2, 0) is 6.42 Å². The van der Waals surface area contributed by atoms with Gasteiger partial charge in [0.25, 0.3) is 0 Å². The molecule has 0 aliphatic carbocycles. The molecule has 0 N–H and O–H groups in total. The van der Waals surface area contributed by atoms with Gasteiger partial charge in [-0.3, -0.25) is 0 Å². The van der Waals surface area contributed by atoms with E-state index in [0.717, 1.165) is 5.56 Å². The molecular formula is C15H22. The second-order valence-electron chi connectivity index (χ2n) is 4.26. The molecule has 0 atom stereocenters. The minimum Gasteiger partial charge on any atom is -0.0654 e. The van der Waals surface area contributed by atoms with Gasteiger partial charge in [-0.05, 0) is 30.9 Å². The van der Waals surface area contributed by atoms with E-state index in [9.17, 15) is 0 Å². The first-order valence-corrected chi connectivity index (χ1v) is 6.17. The Labute approximate surface area is 94.7 Å². The summed E-state index contributed by atoms with van der Waals surface area (Å²) in [7, 11) is 0. The summed E-state index contributed by atoms with van der Waals surface area (Å²) in [6.07, 6.45) is 9.39. The first-order chi connectivity index (χ1) is 7.33. The van der Waals surface area contributed by atoms with Crippen LogP contribution < -0.4 is 0 Å². The molecule has 0 amide bonds. The predicted molar refractivity (Wildman–Crippen MR) is 66.9 cm³/mol. The van der Waals surface area contributed by atoms with Crippen LogP contribution in [0.4, 0.5) is 0 Å². The average Bonchev–Trinajstić information content (AvgIpc) is 2.26. The standard InChI is InChI=1S/C15H22/c1-3-4-5-6-7-8-9-15-12-10-14(2)11-13-15/h2,10-13H,3-9H2,1H3. The Morgan fingerprint density at radius 3 is 2.13 bits per heavy atom. The zero-order valence-corrected chi connectivity index (χ0v) is 9.84. The maximum absolute atomic E-state index is 5.64. The van der Waals surface area contributed by atoms with Gasteiger partial charge in [0.2, 0.25) is 0 Å². The zero-order chi connectivity index (χ0) is 10.9. The molecule has 0 saturated heterocycles. The Bertz CT molecular complexity index is 245. The first kappa shape index (κ1) is 12.3. The lowest BCUT2D eigenvalue weighted by atomic mass is 10.0. The molecule has 0 heteroatoms. The number of aryl methyl sites for hydroxylation is 1. The number of benzene rings is 1. The molecule has 0 spiro atoms. The number of unbranched alkanes of at least 4 members (excludes halogenated alkanes) is 5. The largest absolute Gasteiger partial charge is 0.0654 e. The highest BCUT2D eigenvalue weighted by Gasteiger charge is 1.93. The molecule has 0 aromatic heterocycles. The third-order valence-corrected chi connectivity index (χ3v) is 2.80. The Hall–Kier alpha value is -0.780. The quantitative estimate of drug-likeness (QED) is 0.565. The average molecular weight is 202 g/mol. The Morgan fingerprint density at radius 2 is 1.47 bits per heavy atom. The minimum atomic E-state index is 0.863. The van der Waals surface area contributed by atoms with Crippen molar-refractivity contribution in [2.75, 3.05) is 0 Å². The maximum atomic E-state index is 5.64. The van der Waals surface area contributed by atoms with Gasteiger partial charge in [-0.15, -0.1) is 0 Å². The molecule has 0 heterocycles. The van der Waals surface area contributed by atoms with Crippen LogP contribution in [0.5, 0.6) is 0 Å². The smallest absolute Gasteiger partial charge is 0.00120 e. The van der Waals surface area contributed by atoms with Crippen LogP contribution in [-0.4, -0.2) is 0 Å². The molecule has 2 radical (unpaired) electrons. The summed E-state index contributed by atoms with van der Waals surface area (Å²) < 4.78 is 0. The van der Waals surface area contributed by atoms with E-state index in [1.807, 2.05) is 12.1 Å². The molecule has 0 unspecified atom stereocenters. The van der Waals surface area contributed by atoms with Gasteiger partial charge in [0.05, 0.1) is 0 Å². The molecule has 0 aliphatic rings. The van der Waals surface area contributed by atoms with Crippen molar-refractivity contribution in [3.63, 3.8) is 0 Å². The van der Waals surface area contributed by atoms with Crippen molar-refractivity contribution in [1.82, 2.24) is 0 Å². The molecule has 0 fully saturated rings. The highest BCUT2D eigenvalue weighted by Crippen LogP contribution is 2.10. The van der Waals surface area contributed by atoms with Gasteiger partial charge in [0, 0.05) is 0 Å².